The SMILES string of the molecule is COc1ccc(-c2nc(C(Cl)Cl)n(-c3ccccc3)n2)cc1. The van der Waals surface area contributed by atoms with E-state index in [2.05, 4.69) is 10.1 Å². The second kappa shape index (κ2) is 6.38. The van der Waals surface area contributed by atoms with Crippen LogP contribution >= 0.6 is 23.2 Å². The highest BCUT2D eigenvalue weighted by molar-refractivity contribution is 6.43. The van der Waals surface area contributed by atoms with E-state index < -0.39 is 4.84 Å². The lowest BCUT2D eigenvalue weighted by atomic mass is 10.2. The summed E-state index contributed by atoms with van der Waals surface area (Å²) < 4.78 is 6.81. The van der Waals surface area contributed by atoms with Gasteiger partial charge in [0.2, 0.25) is 0 Å². The van der Waals surface area contributed by atoms with Crippen LogP contribution in [0.4, 0.5) is 0 Å². The molecule has 0 amide bonds. The van der Waals surface area contributed by atoms with E-state index in [1.54, 1.807) is 11.8 Å². The maximum atomic E-state index is 6.03. The van der Waals surface area contributed by atoms with Crippen LogP contribution in [-0.2, 0) is 0 Å². The lowest BCUT2D eigenvalue weighted by molar-refractivity contribution is 0.415. The first kappa shape index (κ1) is 14.9. The Morgan fingerprint density at radius 3 is 2.27 bits per heavy atom. The van der Waals surface area contributed by atoms with Gasteiger partial charge < -0.3 is 4.74 Å². The van der Waals surface area contributed by atoms with Gasteiger partial charge in [-0.25, -0.2) is 9.67 Å². The molecule has 0 fully saturated rings. The fourth-order valence-corrected chi connectivity index (χ4v) is 2.37. The highest BCUT2D eigenvalue weighted by Gasteiger charge is 2.18. The van der Waals surface area contributed by atoms with Gasteiger partial charge in [-0.2, -0.15) is 0 Å². The topological polar surface area (TPSA) is 39.9 Å². The summed E-state index contributed by atoms with van der Waals surface area (Å²) in [4.78, 5) is 3.69. The third-order valence-corrected chi connectivity index (χ3v) is 3.57. The zero-order valence-electron chi connectivity index (χ0n) is 11.8. The highest BCUT2D eigenvalue weighted by Crippen LogP contribution is 2.28. The van der Waals surface area contributed by atoms with E-state index in [1.165, 1.54) is 0 Å². The number of rotatable bonds is 4. The van der Waals surface area contributed by atoms with Crippen LogP contribution in [0.15, 0.2) is 54.6 Å². The number of benzene rings is 2. The van der Waals surface area contributed by atoms with Crippen LogP contribution in [0.1, 0.15) is 10.7 Å². The third-order valence-electron chi connectivity index (χ3n) is 3.18. The number of hydrogen-bond acceptors (Lipinski definition) is 3. The largest absolute Gasteiger partial charge is 0.497 e. The van der Waals surface area contributed by atoms with E-state index >= 15 is 0 Å². The van der Waals surface area contributed by atoms with Crippen LogP contribution in [0.5, 0.6) is 5.75 Å². The number of aromatic nitrogens is 3. The first-order chi connectivity index (χ1) is 10.7. The number of ether oxygens (including phenoxy) is 1. The molecule has 0 unspecified atom stereocenters. The van der Waals surface area contributed by atoms with E-state index in [1.807, 2.05) is 54.6 Å². The van der Waals surface area contributed by atoms with Gasteiger partial charge in [-0.05, 0) is 36.4 Å². The molecule has 0 aliphatic heterocycles. The third kappa shape index (κ3) is 2.93. The smallest absolute Gasteiger partial charge is 0.181 e. The number of hydrogen-bond donors (Lipinski definition) is 0. The molecule has 112 valence electrons. The van der Waals surface area contributed by atoms with Gasteiger partial charge in [0.25, 0.3) is 0 Å². The van der Waals surface area contributed by atoms with Crippen molar-refractivity contribution in [1.29, 1.82) is 0 Å². The standard InChI is InChI=1S/C16H13Cl2N3O/c1-22-13-9-7-11(8-10-13)15-19-16(14(17)18)21(20-15)12-5-3-2-4-6-12/h2-10,14H,1H3. The zero-order chi connectivity index (χ0) is 15.5. The van der Waals surface area contributed by atoms with Crippen LogP contribution < -0.4 is 4.74 Å². The molecule has 0 atom stereocenters. The molecule has 0 saturated heterocycles. The second-order valence-corrected chi connectivity index (χ2v) is 5.67. The number of alkyl halides is 2. The van der Waals surface area contributed by atoms with Crippen LogP contribution in [0.2, 0.25) is 0 Å². The molecule has 22 heavy (non-hydrogen) atoms. The van der Waals surface area contributed by atoms with E-state index in [-0.39, 0.29) is 0 Å². The molecule has 0 N–H and O–H groups in total. The molecule has 0 aliphatic rings. The van der Waals surface area contributed by atoms with Gasteiger partial charge in [0.05, 0.1) is 12.8 Å². The molecular formula is C16H13Cl2N3O. The molecule has 3 aromatic rings. The molecular weight excluding hydrogens is 321 g/mol. The Bertz CT molecular complexity index is 755. The molecule has 0 spiro atoms. The minimum absolute atomic E-state index is 0.486. The predicted molar refractivity (Wildman–Crippen MR) is 87.8 cm³/mol. The second-order valence-electron chi connectivity index (χ2n) is 4.57. The summed E-state index contributed by atoms with van der Waals surface area (Å²) in [6.45, 7) is 0. The molecule has 0 bridgehead atoms. The molecule has 0 aliphatic carbocycles. The Balaban J connectivity index is 2.06. The molecule has 4 nitrogen and oxygen atoms in total. The lowest BCUT2D eigenvalue weighted by Gasteiger charge is -2.05. The van der Waals surface area contributed by atoms with Gasteiger partial charge in [0.1, 0.15) is 5.75 Å². The minimum atomic E-state index is -0.764. The van der Waals surface area contributed by atoms with E-state index in [9.17, 15) is 0 Å². The summed E-state index contributed by atoms with van der Waals surface area (Å²) in [5.41, 5.74) is 1.72. The normalized spacial score (nSPS) is 10.9. The maximum absolute atomic E-state index is 6.03. The Morgan fingerprint density at radius 2 is 1.68 bits per heavy atom. The van der Waals surface area contributed by atoms with Crippen molar-refractivity contribution in [2.45, 2.75) is 4.84 Å². The van der Waals surface area contributed by atoms with Crippen molar-refractivity contribution in [3.8, 4) is 22.8 Å². The lowest BCUT2D eigenvalue weighted by Crippen LogP contribution is -2.02. The van der Waals surface area contributed by atoms with Gasteiger partial charge >= 0.3 is 0 Å². The monoisotopic (exact) mass is 333 g/mol. The van der Waals surface area contributed by atoms with Crippen molar-refractivity contribution < 1.29 is 4.74 Å². The zero-order valence-corrected chi connectivity index (χ0v) is 13.3. The molecule has 1 aromatic heterocycles. The van der Waals surface area contributed by atoms with Gasteiger partial charge in [0.15, 0.2) is 16.5 Å². The summed E-state index contributed by atoms with van der Waals surface area (Å²) in [7, 11) is 1.63. The van der Waals surface area contributed by atoms with E-state index in [0.29, 0.717) is 11.6 Å². The van der Waals surface area contributed by atoms with E-state index in [0.717, 1.165) is 17.0 Å². The summed E-state index contributed by atoms with van der Waals surface area (Å²) in [6, 6.07) is 17.1. The summed E-state index contributed by atoms with van der Waals surface area (Å²) >= 11 is 12.1. The summed E-state index contributed by atoms with van der Waals surface area (Å²) in [6.07, 6.45) is 0. The molecule has 6 heteroatoms. The van der Waals surface area contributed by atoms with Crippen molar-refractivity contribution in [3.05, 3.63) is 60.4 Å². The Morgan fingerprint density at radius 1 is 1.00 bits per heavy atom. The predicted octanol–water partition coefficient (Wildman–Crippen LogP) is 4.42. The van der Waals surface area contributed by atoms with Crippen LogP contribution in [0.3, 0.4) is 0 Å². The van der Waals surface area contributed by atoms with Gasteiger partial charge in [-0.1, -0.05) is 41.4 Å². The van der Waals surface area contributed by atoms with E-state index in [4.69, 9.17) is 27.9 Å². The number of para-hydroxylation sites is 1. The van der Waals surface area contributed by atoms with Crippen molar-refractivity contribution >= 4 is 23.2 Å². The first-order valence-corrected chi connectivity index (χ1v) is 7.51. The van der Waals surface area contributed by atoms with Crippen molar-refractivity contribution in [2.24, 2.45) is 0 Å². The molecule has 1 heterocycles. The van der Waals surface area contributed by atoms with Gasteiger partial charge in [-0.15, -0.1) is 5.10 Å². The highest BCUT2D eigenvalue weighted by atomic mass is 35.5. The average molecular weight is 334 g/mol. The average Bonchev–Trinajstić information content (AvgIpc) is 3.01. The summed E-state index contributed by atoms with van der Waals surface area (Å²) in [5, 5.41) is 4.52. The fraction of sp³-hybridized carbons (Fsp3) is 0.125. The molecule has 0 radical (unpaired) electrons. The van der Waals surface area contributed by atoms with Gasteiger partial charge in [0, 0.05) is 5.56 Å². The van der Waals surface area contributed by atoms with Crippen molar-refractivity contribution in [3.63, 3.8) is 0 Å². The minimum Gasteiger partial charge on any atom is -0.497 e. The van der Waals surface area contributed by atoms with Crippen LogP contribution in [-0.4, -0.2) is 21.9 Å². The number of nitrogens with zero attached hydrogens (tertiary/aromatic N) is 3. The van der Waals surface area contributed by atoms with Crippen LogP contribution in [0.25, 0.3) is 17.1 Å². The van der Waals surface area contributed by atoms with Crippen molar-refractivity contribution in [2.75, 3.05) is 7.11 Å². The first-order valence-electron chi connectivity index (χ1n) is 6.64. The maximum Gasteiger partial charge on any atom is 0.181 e. The Labute approximate surface area is 138 Å². The quantitative estimate of drug-likeness (QED) is 0.663. The molecule has 2 aromatic carbocycles. The number of halogens is 2. The Hall–Kier alpha value is -2.04. The molecule has 3 rings (SSSR count). The van der Waals surface area contributed by atoms with Crippen LogP contribution in [0, 0.1) is 0 Å². The molecule has 0 saturated carbocycles. The fourth-order valence-electron chi connectivity index (χ4n) is 2.09. The van der Waals surface area contributed by atoms with Gasteiger partial charge in [-0.3, -0.25) is 0 Å². The van der Waals surface area contributed by atoms with Crippen molar-refractivity contribution in [1.82, 2.24) is 14.8 Å². The Kier molecular flexibility index (Phi) is 4.32. The number of methoxy groups -OCH3 is 1. The summed E-state index contributed by atoms with van der Waals surface area (Å²) in [5.74, 6) is 1.83.